The first-order valence-electron chi connectivity index (χ1n) is 7.13. The average Bonchev–Trinajstić information content (AvgIpc) is 2.25. The molecule has 0 radical (unpaired) electrons. The number of hydrogen-bond acceptors (Lipinski definition) is 1. The van der Waals surface area contributed by atoms with Crippen molar-refractivity contribution in [3.63, 3.8) is 0 Å². The predicted molar refractivity (Wildman–Crippen MR) is 78.6 cm³/mol. The van der Waals surface area contributed by atoms with Crippen molar-refractivity contribution < 1.29 is 0 Å². The third kappa shape index (κ3) is 10.3. The highest BCUT2D eigenvalue weighted by atomic mass is 28.3. The van der Waals surface area contributed by atoms with Gasteiger partial charge in [0.05, 0.1) is 8.80 Å². The van der Waals surface area contributed by atoms with Crippen LogP contribution in [-0.4, -0.2) is 26.8 Å². The van der Waals surface area contributed by atoms with Crippen LogP contribution in [0.1, 0.15) is 52.4 Å². The summed E-state index contributed by atoms with van der Waals surface area (Å²) in [6, 6.07) is 0. The van der Waals surface area contributed by atoms with E-state index in [1.807, 2.05) is 0 Å². The van der Waals surface area contributed by atoms with E-state index in [2.05, 4.69) is 43.7 Å². The second kappa shape index (κ2) is 11.2. The second-order valence-corrected chi connectivity index (χ2v) is 7.91. The van der Waals surface area contributed by atoms with Crippen molar-refractivity contribution in [1.82, 2.24) is 4.90 Å². The van der Waals surface area contributed by atoms with Crippen molar-refractivity contribution in [1.29, 1.82) is 0 Å². The Balaban J connectivity index is 3.85. The molecule has 0 atom stereocenters. The maximum absolute atomic E-state index is 2.54. The van der Waals surface area contributed by atoms with E-state index in [0.29, 0.717) is 0 Å². The Labute approximate surface area is 105 Å². The van der Waals surface area contributed by atoms with Crippen LogP contribution in [0.4, 0.5) is 0 Å². The van der Waals surface area contributed by atoms with Crippen LogP contribution in [0.2, 0.25) is 13.1 Å². The summed E-state index contributed by atoms with van der Waals surface area (Å²) in [5.41, 5.74) is 2.46. The third-order valence-corrected chi connectivity index (χ3v) is 3.72. The minimum absolute atomic E-state index is 0.531. The van der Waals surface area contributed by atoms with Gasteiger partial charge < -0.3 is 4.90 Å². The molecule has 0 saturated carbocycles. The van der Waals surface area contributed by atoms with Gasteiger partial charge in [-0.3, -0.25) is 0 Å². The number of rotatable bonds is 10. The molecule has 0 aromatic heterocycles. The van der Waals surface area contributed by atoms with Crippen LogP contribution in [0.25, 0.3) is 0 Å². The molecule has 0 unspecified atom stereocenters. The maximum Gasteiger partial charge on any atom is 0.0572 e. The van der Waals surface area contributed by atoms with Crippen molar-refractivity contribution in [2.75, 3.05) is 13.1 Å². The lowest BCUT2D eigenvalue weighted by atomic mass is 10.2. The van der Waals surface area contributed by atoms with Gasteiger partial charge in [-0.2, -0.15) is 0 Å². The Bertz CT molecular complexity index is 156. The number of hydrogen-bond donors (Lipinski definition) is 0. The molecule has 0 spiro atoms. The molecule has 0 fully saturated rings. The molecule has 0 saturated heterocycles. The molecule has 0 aliphatic heterocycles. The fourth-order valence-corrected chi connectivity index (χ4v) is 2.27. The van der Waals surface area contributed by atoms with Crippen molar-refractivity contribution in [3.05, 3.63) is 11.9 Å². The van der Waals surface area contributed by atoms with Gasteiger partial charge in [-0.15, -0.1) is 0 Å². The molecular weight excluding hydrogens is 210 g/mol. The first-order valence-corrected chi connectivity index (χ1v) is 10.1. The highest BCUT2D eigenvalue weighted by Gasteiger charge is 1.99. The molecular formula is C14H31NSi. The standard InChI is InChI=1S/C14H31NSi/c1-5-7-9-11-15(12-10-8-6-2)13-14-16(3)4/h13-14,16H,5-12H2,1-4H3. The van der Waals surface area contributed by atoms with Crippen LogP contribution in [0.3, 0.4) is 0 Å². The Hall–Kier alpha value is -0.243. The third-order valence-electron chi connectivity index (χ3n) is 2.78. The summed E-state index contributed by atoms with van der Waals surface area (Å²) < 4.78 is 0. The van der Waals surface area contributed by atoms with Crippen LogP contribution in [-0.2, 0) is 0 Å². The zero-order valence-corrected chi connectivity index (χ0v) is 13.0. The number of unbranched alkanes of at least 4 members (excludes halogenated alkanes) is 4. The molecule has 0 N–H and O–H groups in total. The predicted octanol–water partition coefficient (Wildman–Crippen LogP) is 4.21. The summed E-state index contributed by atoms with van der Waals surface area (Å²) in [6.07, 6.45) is 10.5. The Morgan fingerprint density at radius 2 is 1.38 bits per heavy atom. The van der Waals surface area contributed by atoms with E-state index in [1.165, 1.54) is 51.6 Å². The van der Waals surface area contributed by atoms with E-state index in [4.69, 9.17) is 0 Å². The first-order chi connectivity index (χ1) is 7.70. The molecule has 2 heteroatoms. The molecule has 16 heavy (non-hydrogen) atoms. The Morgan fingerprint density at radius 1 is 0.875 bits per heavy atom. The van der Waals surface area contributed by atoms with E-state index in [9.17, 15) is 0 Å². The lowest BCUT2D eigenvalue weighted by molar-refractivity contribution is 0.354. The van der Waals surface area contributed by atoms with Gasteiger partial charge >= 0.3 is 0 Å². The Morgan fingerprint density at radius 3 is 1.75 bits per heavy atom. The van der Waals surface area contributed by atoms with E-state index >= 15 is 0 Å². The fraction of sp³-hybridized carbons (Fsp3) is 0.857. The van der Waals surface area contributed by atoms with Gasteiger partial charge in [0.15, 0.2) is 0 Å². The van der Waals surface area contributed by atoms with Gasteiger partial charge in [-0.25, -0.2) is 0 Å². The monoisotopic (exact) mass is 241 g/mol. The Kier molecular flexibility index (Phi) is 11.1. The quantitative estimate of drug-likeness (QED) is 0.409. The molecule has 96 valence electrons. The molecule has 0 aromatic rings. The molecule has 1 nitrogen and oxygen atoms in total. The summed E-state index contributed by atoms with van der Waals surface area (Å²) in [6.45, 7) is 11.8. The number of nitrogens with zero attached hydrogens (tertiary/aromatic N) is 1. The average molecular weight is 241 g/mol. The van der Waals surface area contributed by atoms with E-state index < -0.39 is 8.80 Å². The lowest BCUT2D eigenvalue weighted by Crippen LogP contribution is -2.20. The minimum Gasteiger partial charge on any atom is -0.378 e. The molecule has 0 aliphatic rings. The molecule has 0 aliphatic carbocycles. The topological polar surface area (TPSA) is 3.24 Å². The van der Waals surface area contributed by atoms with Gasteiger partial charge in [0.25, 0.3) is 0 Å². The second-order valence-electron chi connectivity index (χ2n) is 5.04. The maximum atomic E-state index is 2.54. The summed E-state index contributed by atoms with van der Waals surface area (Å²) in [7, 11) is -0.531. The van der Waals surface area contributed by atoms with E-state index in [-0.39, 0.29) is 0 Å². The molecule has 0 bridgehead atoms. The molecule has 0 amide bonds. The summed E-state index contributed by atoms with van der Waals surface area (Å²) >= 11 is 0. The van der Waals surface area contributed by atoms with Crippen molar-refractivity contribution in [2.24, 2.45) is 0 Å². The molecule has 0 rings (SSSR count). The van der Waals surface area contributed by atoms with Crippen molar-refractivity contribution >= 4 is 8.80 Å². The SMILES string of the molecule is CCCCCN(C=C[SiH](C)C)CCCCC. The van der Waals surface area contributed by atoms with Crippen LogP contribution >= 0.6 is 0 Å². The van der Waals surface area contributed by atoms with E-state index in [0.717, 1.165) is 0 Å². The van der Waals surface area contributed by atoms with Gasteiger partial charge in [-0.1, -0.05) is 58.3 Å². The van der Waals surface area contributed by atoms with Crippen molar-refractivity contribution in [3.8, 4) is 0 Å². The van der Waals surface area contributed by atoms with E-state index in [1.54, 1.807) is 0 Å². The highest BCUT2D eigenvalue weighted by molar-refractivity contribution is 6.61. The lowest BCUT2D eigenvalue weighted by Gasteiger charge is -2.20. The van der Waals surface area contributed by atoms with Crippen LogP contribution in [0.15, 0.2) is 11.9 Å². The summed E-state index contributed by atoms with van der Waals surface area (Å²) in [4.78, 5) is 2.54. The molecule has 0 heterocycles. The summed E-state index contributed by atoms with van der Waals surface area (Å²) in [5, 5.41) is 0. The van der Waals surface area contributed by atoms with Gasteiger partial charge in [0.2, 0.25) is 0 Å². The zero-order chi connectivity index (χ0) is 12.2. The normalized spacial score (nSPS) is 11.6. The highest BCUT2D eigenvalue weighted by Crippen LogP contribution is 2.03. The zero-order valence-electron chi connectivity index (χ0n) is 11.8. The smallest absolute Gasteiger partial charge is 0.0572 e. The van der Waals surface area contributed by atoms with Gasteiger partial charge in [-0.05, 0) is 19.0 Å². The first kappa shape index (κ1) is 15.8. The minimum atomic E-state index is -0.531. The van der Waals surface area contributed by atoms with Gasteiger partial charge in [0, 0.05) is 13.1 Å². The van der Waals surface area contributed by atoms with Crippen LogP contribution in [0.5, 0.6) is 0 Å². The van der Waals surface area contributed by atoms with Crippen LogP contribution in [0, 0.1) is 0 Å². The summed E-state index contributed by atoms with van der Waals surface area (Å²) in [5.74, 6) is 0. The van der Waals surface area contributed by atoms with Crippen molar-refractivity contribution in [2.45, 2.75) is 65.5 Å². The molecule has 0 aromatic carbocycles. The van der Waals surface area contributed by atoms with Crippen LogP contribution < -0.4 is 0 Å². The largest absolute Gasteiger partial charge is 0.378 e. The fourth-order valence-electron chi connectivity index (χ4n) is 1.68. The van der Waals surface area contributed by atoms with Gasteiger partial charge in [0.1, 0.15) is 0 Å².